The average Bonchev–Trinajstić information content (AvgIpc) is 2.74. The van der Waals surface area contributed by atoms with Gasteiger partial charge in [-0.05, 0) is 62.4 Å². The third-order valence-electron chi connectivity index (χ3n) is 5.31. The molecule has 0 unspecified atom stereocenters. The van der Waals surface area contributed by atoms with E-state index in [1.54, 1.807) is 6.07 Å². The van der Waals surface area contributed by atoms with Gasteiger partial charge in [0.1, 0.15) is 0 Å². The summed E-state index contributed by atoms with van der Waals surface area (Å²) in [7, 11) is 0. The Morgan fingerprint density at radius 3 is 2.52 bits per heavy atom. The lowest BCUT2D eigenvalue weighted by atomic mass is 10.0. The van der Waals surface area contributed by atoms with E-state index in [1.165, 1.54) is 17.7 Å². The van der Waals surface area contributed by atoms with E-state index in [2.05, 4.69) is 33.5 Å². The molecule has 3 rings (SSSR count). The lowest BCUT2D eigenvalue weighted by molar-refractivity contribution is 0.198. The van der Waals surface area contributed by atoms with Gasteiger partial charge in [-0.15, -0.1) is 24.0 Å². The summed E-state index contributed by atoms with van der Waals surface area (Å²) in [5, 5.41) is 6.86. The number of halogens is 3. The zero-order chi connectivity index (χ0) is 21.3. The second-order valence-electron chi connectivity index (χ2n) is 7.76. The SMILES string of the molecule is CCNC(=NCCc1ccc(C)nc1)NC1CCN(Cc2ccc(F)c(F)c2)CC1.I. The minimum absolute atomic E-state index is 0. The standard InChI is InChI=1S/C23H31F2N5.HI/c1-3-26-23(27-11-8-18-5-4-17(2)28-15-18)29-20-9-12-30(13-10-20)16-19-6-7-21(24)22(25)14-19;/h4-7,14-15,20H,3,8-13,16H2,1-2H3,(H2,26,27,29);1H. The molecule has 2 aromatic rings. The lowest BCUT2D eigenvalue weighted by Gasteiger charge is -2.33. The quantitative estimate of drug-likeness (QED) is 0.315. The maximum atomic E-state index is 13.4. The Hall–Kier alpha value is -1.81. The van der Waals surface area contributed by atoms with Crippen molar-refractivity contribution in [3.05, 3.63) is 65.0 Å². The van der Waals surface area contributed by atoms with Gasteiger partial charge in [-0.25, -0.2) is 8.78 Å². The maximum absolute atomic E-state index is 13.4. The highest BCUT2D eigenvalue weighted by molar-refractivity contribution is 14.0. The van der Waals surface area contributed by atoms with Crippen LogP contribution in [0.15, 0.2) is 41.5 Å². The summed E-state index contributed by atoms with van der Waals surface area (Å²) in [5.74, 6) is -0.732. The van der Waals surface area contributed by atoms with E-state index in [0.717, 1.165) is 56.1 Å². The molecule has 0 atom stereocenters. The highest BCUT2D eigenvalue weighted by atomic mass is 127. The van der Waals surface area contributed by atoms with Gasteiger partial charge in [-0.2, -0.15) is 0 Å². The molecule has 170 valence electrons. The van der Waals surface area contributed by atoms with Gasteiger partial charge in [-0.1, -0.05) is 12.1 Å². The molecule has 1 aliphatic rings. The molecule has 1 aromatic carbocycles. The number of rotatable bonds is 7. The molecule has 8 heteroatoms. The van der Waals surface area contributed by atoms with Crippen LogP contribution in [-0.4, -0.2) is 48.1 Å². The van der Waals surface area contributed by atoms with Crippen LogP contribution >= 0.6 is 24.0 Å². The number of hydrogen-bond acceptors (Lipinski definition) is 3. The second-order valence-corrected chi connectivity index (χ2v) is 7.76. The summed E-state index contributed by atoms with van der Waals surface area (Å²) in [6.07, 6.45) is 4.73. The largest absolute Gasteiger partial charge is 0.357 e. The average molecular weight is 543 g/mol. The fourth-order valence-corrected chi connectivity index (χ4v) is 3.59. The minimum Gasteiger partial charge on any atom is -0.357 e. The molecule has 1 aromatic heterocycles. The second kappa shape index (κ2) is 12.9. The fourth-order valence-electron chi connectivity index (χ4n) is 3.59. The molecule has 1 saturated heterocycles. The number of benzene rings is 1. The van der Waals surface area contributed by atoms with Crippen LogP contribution in [0.25, 0.3) is 0 Å². The molecule has 2 heterocycles. The molecule has 0 saturated carbocycles. The monoisotopic (exact) mass is 543 g/mol. The van der Waals surface area contributed by atoms with Crippen LogP contribution in [0.4, 0.5) is 8.78 Å². The smallest absolute Gasteiger partial charge is 0.191 e. The van der Waals surface area contributed by atoms with Gasteiger partial charge in [0.05, 0.1) is 0 Å². The molecule has 1 aliphatic heterocycles. The number of hydrogen-bond donors (Lipinski definition) is 2. The van der Waals surface area contributed by atoms with Crippen LogP contribution in [-0.2, 0) is 13.0 Å². The predicted octanol–water partition coefficient (Wildman–Crippen LogP) is 4.05. The van der Waals surface area contributed by atoms with E-state index in [4.69, 9.17) is 4.99 Å². The Morgan fingerprint density at radius 2 is 1.87 bits per heavy atom. The van der Waals surface area contributed by atoms with E-state index in [-0.39, 0.29) is 24.0 Å². The van der Waals surface area contributed by atoms with E-state index in [1.807, 2.05) is 19.2 Å². The highest BCUT2D eigenvalue weighted by Crippen LogP contribution is 2.16. The summed E-state index contributed by atoms with van der Waals surface area (Å²) < 4.78 is 26.5. The summed E-state index contributed by atoms with van der Waals surface area (Å²) >= 11 is 0. The Kier molecular flexibility index (Phi) is 10.6. The molecule has 1 fully saturated rings. The molecule has 0 amide bonds. The molecule has 0 spiro atoms. The fraction of sp³-hybridized carbons (Fsp3) is 0.478. The lowest BCUT2D eigenvalue weighted by Crippen LogP contribution is -2.48. The van der Waals surface area contributed by atoms with Crippen molar-refractivity contribution >= 4 is 29.9 Å². The molecule has 0 aliphatic carbocycles. The van der Waals surface area contributed by atoms with Gasteiger partial charge >= 0.3 is 0 Å². The summed E-state index contributed by atoms with van der Waals surface area (Å²) in [5.41, 5.74) is 3.01. The van der Waals surface area contributed by atoms with Crippen molar-refractivity contribution in [1.29, 1.82) is 0 Å². The number of nitrogens with one attached hydrogen (secondary N) is 2. The zero-order valence-electron chi connectivity index (χ0n) is 18.2. The van der Waals surface area contributed by atoms with Crippen molar-refractivity contribution < 1.29 is 8.78 Å². The number of aromatic nitrogens is 1. The van der Waals surface area contributed by atoms with E-state index >= 15 is 0 Å². The normalized spacial score (nSPS) is 15.4. The van der Waals surface area contributed by atoms with Crippen LogP contribution < -0.4 is 10.6 Å². The topological polar surface area (TPSA) is 52.6 Å². The first-order valence-electron chi connectivity index (χ1n) is 10.7. The number of aliphatic imine (C=N–C) groups is 1. The van der Waals surface area contributed by atoms with Gasteiger partial charge in [0, 0.05) is 50.7 Å². The number of guanidine groups is 1. The Morgan fingerprint density at radius 1 is 1.13 bits per heavy atom. The third kappa shape index (κ3) is 8.33. The van der Waals surface area contributed by atoms with E-state index < -0.39 is 11.6 Å². The van der Waals surface area contributed by atoms with Crippen molar-refractivity contribution in [3.8, 4) is 0 Å². The molecular weight excluding hydrogens is 511 g/mol. The Balaban J connectivity index is 0.00000341. The number of likely N-dealkylation sites (tertiary alicyclic amines) is 1. The van der Waals surface area contributed by atoms with Crippen LogP contribution in [0.1, 0.15) is 36.6 Å². The third-order valence-corrected chi connectivity index (χ3v) is 5.31. The van der Waals surface area contributed by atoms with Crippen LogP contribution in [0.5, 0.6) is 0 Å². The summed E-state index contributed by atoms with van der Waals surface area (Å²) in [4.78, 5) is 11.3. The number of piperidine rings is 1. The Bertz CT molecular complexity index is 836. The molecule has 2 N–H and O–H groups in total. The number of aryl methyl sites for hydroxylation is 1. The van der Waals surface area contributed by atoms with Gasteiger partial charge in [-0.3, -0.25) is 14.9 Å². The van der Waals surface area contributed by atoms with E-state index in [9.17, 15) is 8.78 Å². The van der Waals surface area contributed by atoms with Gasteiger partial charge in [0.2, 0.25) is 0 Å². The van der Waals surface area contributed by atoms with Crippen LogP contribution in [0.3, 0.4) is 0 Å². The van der Waals surface area contributed by atoms with Gasteiger partial charge in [0.15, 0.2) is 17.6 Å². The molecule has 0 bridgehead atoms. The number of nitrogens with zero attached hydrogens (tertiary/aromatic N) is 3. The Labute approximate surface area is 200 Å². The van der Waals surface area contributed by atoms with Crippen molar-refractivity contribution in [2.24, 2.45) is 4.99 Å². The first kappa shape index (κ1) is 25.5. The minimum atomic E-state index is -0.796. The van der Waals surface area contributed by atoms with Crippen molar-refractivity contribution in [3.63, 3.8) is 0 Å². The van der Waals surface area contributed by atoms with Gasteiger partial charge < -0.3 is 10.6 Å². The van der Waals surface area contributed by atoms with Crippen molar-refractivity contribution in [1.82, 2.24) is 20.5 Å². The molecule has 5 nitrogen and oxygen atoms in total. The van der Waals surface area contributed by atoms with Crippen LogP contribution in [0, 0.1) is 18.6 Å². The first-order valence-corrected chi connectivity index (χ1v) is 10.7. The molecule has 31 heavy (non-hydrogen) atoms. The van der Waals surface area contributed by atoms with Crippen molar-refractivity contribution in [2.45, 2.75) is 45.7 Å². The zero-order valence-corrected chi connectivity index (χ0v) is 20.5. The predicted molar refractivity (Wildman–Crippen MR) is 132 cm³/mol. The first-order chi connectivity index (χ1) is 14.5. The van der Waals surface area contributed by atoms with Crippen molar-refractivity contribution in [2.75, 3.05) is 26.2 Å². The molecule has 0 radical (unpaired) electrons. The van der Waals surface area contributed by atoms with Gasteiger partial charge in [0.25, 0.3) is 0 Å². The highest BCUT2D eigenvalue weighted by Gasteiger charge is 2.20. The number of pyridine rings is 1. The molecular formula is C23H32F2IN5. The maximum Gasteiger partial charge on any atom is 0.191 e. The summed E-state index contributed by atoms with van der Waals surface area (Å²) in [6.45, 7) is 8.02. The van der Waals surface area contributed by atoms with E-state index in [0.29, 0.717) is 19.1 Å². The summed E-state index contributed by atoms with van der Waals surface area (Å²) in [6, 6.07) is 8.62. The van der Waals surface area contributed by atoms with Crippen LogP contribution in [0.2, 0.25) is 0 Å².